The van der Waals surface area contributed by atoms with Crippen molar-refractivity contribution in [2.75, 3.05) is 0 Å². The Kier molecular flexibility index (Phi) is 4.51. The van der Waals surface area contributed by atoms with Crippen molar-refractivity contribution in [3.8, 4) is 5.69 Å². The lowest BCUT2D eigenvalue weighted by Gasteiger charge is -2.24. The van der Waals surface area contributed by atoms with Crippen molar-refractivity contribution < 1.29 is 4.79 Å². The fourth-order valence-electron chi connectivity index (χ4n) is 3.28. The summed E-state index contributed by atoms with van der Waals surface area (Å²) in [6.45, 7) is 6.28. The summed E-state index contributed by atoms with van der Waals surface area (Å²) in [7, 11) is 0. The molecule has 0 saturated carbocycles. The van der Waals surface area contributed by atoms with Crippen LogP contribution in [-0.4, -0.2) is 15.7 Å². The lowest BCUT2D eigenvalue weighted by molar-refractivity contribution is -0.122. The van der Waals surface area contributed by atoms with Crippen LogP contribution >= 0.6 is 0 Å². The molecule has 0 radical (unpaired) electrons. The fourth-order valence-corrected chi connectivity index (χ4v) is 3.28. The average molecular weight is 311 g/mol. The summed E-state index contributed by atoms with van der Waals surface area (Å²) in [5.74, 6) is 0.143. The van der Waals surface area contributed by atoms with Crippen molar-refractivity contribution in [2.24, 2.45) is 0 Å². The van der Waals surface area contributed by atoms with E-state index >= 15 is 0 Å². The van der Waals surface area contributed by atoms with Gasteiger partial charge in [-0.1, -0.05) is 13.0 Å². The summed E-state index contributed by atoms with van der Waals surface area (Å²) >= 11 is 0. The molecule has 3 rings (SSSR count). The zero-order valence-corrected chi connectivity index (χ0v) is 14.2. The van der Waals surface area contributed by atoms with Crippen LogP contribution in [0, 0.1) is 13.8 Å². The van der Waals surface area contributed by atoms with Gasteiger partial charge in [0.1, 0.15) is 0 Å². The van der Waals surface area contributed by atoms with Gasteiger partial charge in [0, 0.05) is 17.7 Å². The van der Waals surface area contributed by atoms with Crippen molar-refractivity contribution in [2.45, 2.75) is 58.9 Å². The molecule has 1 N–H and O–H groups in total. The van der Waals surface area contributed by atoms with Gasteiger partial charge in [-0.3, -0.25) is 4.79 Å². The highest BCUT2D eigenvalue weighted by atomic mass is 16.1. The maximum absolute atomic E-state index is 11.9. The molecule has 1 amide bonds. The summed E-state index contributed by atoms with van der Waals surface area (Å²) < 4.78 is 2.04. The van der Waals surface area contributed by atoms with Gasteiger partial charge in [0.2, 0.25) is 5.91 Å². The molecule has 1 aliphatic carbocycles. The van der Waals surface area contributed by atoms with E-state index in [0.29, 0.717) is 6.42 Å². The Balaban J connectivity index is 1.90. The number of benzene rings is 1. The smallest absolute Gasteiger partial charge is 0.220 e. The number of hydrogen-bond donors (Lipinski definition) is 1. The third kappa shape index (κ3) is 3.16. The quantitative estimate of drug-likeness (QED) is 0.934. The first kappa shape index (κ1) is 15.8. The van der Waals surface area contributed by atoms with Gasteiger partial charge in [-0.2, -0.15) is 5.10 Å². The Hall–Kier alpha value is -2.10. The van der Waals surface area contributed by atoms with Crippen LogP contribution in [0.25, 0.3) is 5.69 Å². The van der Waals surface area contributed by atoms with Crippen LogP contribution in [0.5, 0.6) is 0 Å². The van der Waals surface area contributed by atoms with Gasteiger partial charge < -0.3 is 5.32 Å². The monoisotopic (exact) mass is 311 g/mol. The van der Waals surface area contributed by atoms with Gasteiger partial charge >= 0.3 is 0 Å². The van der Waals surface area contributed by atoms with E-state index in [9.17, 15) is 4.79 Å². The predicted molar refractivity (Wildman–Crippen MR) is 91.8 cm³/mol. The van der Waals surface area contributed by atoms with Crippen molar-refractivity contribution in [3.05, 3.63) is 46.8 Å². The second-order valence-corrected chi connectivity index (χ2v) is 6.49. The van der Waals surface area contributed by atoms with E-state index in [1.807, 2.05) is 17.8 Å². The maximum Gasteiger partial charge on any atom is 0.220 e. The molecular formula is C19H25N3O. The number of fused-ring (bicyclic) bond motifs is 1. The topological polar surface area (TPSA) is 46.9 Å². The molecule has 122 valence electrons. The molecule has 0 spiro atoms. The minimum absolute atomic E-state index is 0.109. The second-order valence-electron chi connectivity index (χ2n) is 6.49. The molecule has 1 atom stereocenters. The van der Waals surface area contributed by atoms with Crippen molar-refractivity contribution in [1.29, 1.82) is 0 Å². The van der Waals surface area contributed by atoms with Crippen LogP contribution in [0.4, 0.5) is 0 Å². The number of carbonyl (C=O) groups excluding carboxylic acids is 1. The molecular weight excluding hydrogens is 286 g/mol. The van der Waals surface area contributed by atoms with Gasteiger partial charge in [-0.25, -0.2) is 4.68 Å². The molecule has 1 heterocycles. The van der Waals surface area contributed by atoms with E-state index in [2.05, 4.69) is 42.5 Å². The van der Waals surface area contributed by atoms with Crippen LogP contribution in [0.2, 0.25) is 0 Å². The molecule has 4 nitrogen and oxygen atoms in total. The SMILES string of the molecule is CCCC(=O)N[C@@H]1CCCc2c1cnn2-c1ccc(C)c(C)c1. The highest BCUT2D eigenvalue weighted by molar-refractivity contribution is 5.76. The number of aryl methyl sites for hydroxylation is 2. The number of nitrogens with one attached hydrogen (secondary N) is 1. The second kappa shape index (κ2) is 6.57. The van der Waals surface area contributed by atoms with Crippen molar-refractivity contribution in [3.63, 3.8) is 0 Å². The predicted octanol–water partition coefficient (Wildman–Crippen LogP) is 3.78. The third-order valence-corrected chi connectivity index (χ3v) is 4.73. The van der Waals surface area contributed by atoms with Crippen LogP contribution < -0.4 is 5.32 Å². The van der Waals surface area contributed by atoms with Gasteiger partial charge in [0.05, 0.1) is 17.9 Å². The van der Waals surface area contributed by atoms with E-state index in [0.717, 1.165) is 31.4 Å². The Labute approximate surface area is 137 Å². The molecule has 23 heavy (non-hydrogen) atoms. The van der Waals surface area contributed by atoms with Gasteiger partial charge in [0.15, 0.2) is 0 Å². The van der Waals surface area contributed by atoms with E-state index in [-0.39, 0.29) is 11.9 Å². The molecule has 1 aromatic carbocycles. The van der Waals surface area contributed by atoms with Crippen molar-refractivity contribution in [1.82, 2.24) is 15.1 Å². The highest BCUT2D eigenvalue weighted by Crippen LogP contribution is 2.31. The Morgan fingerprint density at radius 3 is 2.91 bits per heavy atom. The zero-order valence-electron chi connectivity index (χ0n) is 14.2. The van der Waals surface area contributed by atoms with Crippen LogP contribution in [-0.2, 0) is 11.2 Å². The zero-order chi connectivity index (χ0) is 16.4. The van der Waals surface area contributed by atoms with Gasteiger partial charge in [0.25, 0.3) is 0 Å². The number of amides is 1. The first-order valence-corrected chi connectivity index (χ1v) is 8.54. The minimum atomic E-state index is 0.109. The lowest BCUT2D eigenvalue weighted by atomic mass is 9.92. The summed E-state index contributed by atoms with van der Waals surface area (Å²) in [5.41, 5.74) is 6.09. The van der Waals surface area contributed by atoms with E-state index in [4.69, 9.17) is 0 Å². The lowest BCUT2D eigenvalue weighted by Crippen LogP contribution is -2.30. The molecule has 2 aromatic rings. The van der Waals surface area contributed by atoms with Crippen LogP contribution in [0.15, 0.2) is 24.4 Å². The molecule has 4 heteroatoms. The summed E-state index contributed by atoms with van der Waals surface area (Å²) in [6, 6.07) is 6.55. The third-order valence-electron chi connectivity index (χ3n) is 4.73. The Morgan fingerprint density at radius 1 is 1.35 bits per heavy atom. The van der Waals surface area contributed by atoms with E-state index < -0.39 is 0 Å². The average Bonchev–Trinajstić information content (AvgIpc) is 2.95. The summed E-state index contributed by atoms with van der Waals surface area (Å²) in [5, 5.41) is 7.78. The molecule has 1 aromatic heterocycles. The van der Waals surface area contributed by atoms with Gasteiger partial charge in [-0.05, 0) is 62.8 Å². The van der Waals surface area contributed by atoms with Crippen LogP contribution in [0.1, 0.15) is 61.0 Å². The number of carbonyl (C=O) groups is 1. The molecule has 0 aliphatic heterocycles. The largest absolute Gasteiger partial charge is 0.349 e. The first-order chi connectivity index (χ1) is 11.1. The van der Waals surface area contributed by atoms with Crippen molar-refractivity contribution >= 4 is 5.91 Å². The standard InChI is InChI=1S/C19H25N3O/c1-4-6-19(23)21-17-7-5-8-18-16(17)12-20-22(18)15-10-9-13(2)14(3)11-15/h9-12,17H,4-8H2,1-3H3,(H,21,23)/t17-/m1/s1. The normalized spacial score (nSPS) is 16.9. The number of rotatable bonds is 4. The van der Waals surface area contributed by atoms with Crippen LogP contribution in [0.3, 0.4) is 0 Å². The Bertz CT molecular complexity index is 717. The summed E-state index contributed by atoms with van der Waals surface area (Å²) in [6.07, 6.45) is 6.51. The highest BCUT2D eigenvalue weighted by Gasteiger charge is 2.25. The molecule has 0 unspecified atom stereocenters. The fraction of sp³-hybridized carbons (Fsp3) is 0.474. The molecule has 0 fully saturated rings. The molecule has 1 aliphatic rings. The minimum Gasteiger partial charge on any atom is -0.349 e. The number of hydrogen-bond acceptors (Lipinski definition) is 2. The van der Waals surface area contributed by atoms with E-state index in [1.54, 1.807) is 0 Å². The Morgan fingerprint density at radius 2 is 2.17 bits per heavy atom. The molecule has 0 saturated heterocycles. The maximum atomic E-state index is 11.9. The first-order valence-electron chi connectivity index (χ1n) is 8.54. The number of aromatic nitrogens is 2. The summed E-state index contributed by atoms with van der Waals surface area (Å²) in [4.78, 5) is 11.9. The molecule has 0 bridgehead atoms. The number of nitrogens with zero attached hydrogens (tertiary/aromatic N) is 2. The van der Waals surface area contributed by atoms with Gasteiger partial charge in [-0.15, -0.1) is 0 Å². The van der Waals surface area contributed by atoms with E-state index in [1.165, 1.54) is 22.4 Å².